The van der Waals surface area contributed by atoms with Gasteiger partial charge in [0.25, 0.3) is 5.56 Å². The molecule has 0 aromatic carbocycles. The quantitative estimate of drug-likeness (QED) is 0.504. The molecule has 0 saturated heterocycles. The minimum atomic E-state index is -0.293. The predicted molar refractivity (Wildman–Crippen MR) is 90.8 cm³/mol. The summed E-state index contributed by atoms with van der Waals surface area (Å²) < 4.78 is 1.69. The Bertz CT molecular complexity index is 1070. The normalized spacial score (nSPS) is 15.6. The lowest BCUT2D eigenvalue weighted by atomic mass is 10.00. The van der Waals surface area contributed by atoms with Crippen molar-refractivity contribution in [2.45, 2.75) is 6.04 Å². The van der Waals surface area contributed by atoms with Crippen LogP contribution in [0.25, 0.3) is 10.6 Å². The van der Waals surface area contributed by atoms with E-state index in [1.165, 1.54) is 0 Å². The molecule has 5 rings (SSSR count). The zero-order chi connectivity index (χ0) is 16.1. The number of fused-ring (bicyclic) bond motifs is 2. The van der Waals surface area contributed by atoms with Gasteiger partial charge in [-0.15, -0.1) is 22.7 Å². The van der Waals surface area contributed by atoms with E-state index in [1.807, 2.05) is 35.0 Å². The molecule has 8 nitrogen and oxygen atoms in total. The standard InChI is InChI=1S/C14H9N7OS2/c22-13-11-9(10(16-17-13)7-3-1-5-23-7)12(8-4-2-6-24-8)21-14(15-11)18-19-20-21/h1-6,12H,(H,17,22)(H,15,18,20)/t12-/m1/s1. The third-order valence-electron chi connectivity index (χ3n) is 3.84. The molecule has 0 fully saturated rings. The Morgan fingerprint density at radius 2 is 2.04 bits per heavy atom. The van der Waals surface area contributed by atoms with Crippen LogP contribution < -0.4 is 10.9 Å². The Kier molecular flexibility index (Phi) is 2.87. The van der Waals surface area contributed by atoms with Crippen LogP contribution in [-0.4, -0.2) is 30.4 Å². The summed E-state index contributed by atoms with van der Waals surface area (Å²) in [5.41, 5.74) is 1.66. The molecule has 5 heterocycles. The molecule has 10 heteroatoms. The van der Waals surface area contributed by atoms with E-state index < -0.39 is 0 Å². The molecule has 4 aromatic rings. The number of nitrogens with zero attached hydrogens (tertiary/aromatic N) is 5. The maximum Gasteiger partial charge on any atom is 0.288 e. The van der Waals surface area contributed by atoms with Crippen LogP contribution in [0, 0.1) is 0 Å². The number of thiophene rings is 2. The fraction of sp³-hybridized carbons (Fsp3) is 0.0714. The van der Waals surface area contributed by atoms with Gasteiger partial charge in [-0.05, 0) is 33.3 Å². The lowest BCUT2D eigenvalue weighted by molar-refractivity contribution is 0.574. The van der Waals surface area contributed by atoms with Crippen LogP contribution in [0.15, 0.2) is 39.8 Å². The average molecular weight is 355 g/mol. The van der Waals surface area contributed by atoms with E-state index in [9.17, 15) is 4.79 Å². The van der Waals surface area contributed by atoms with E-state index in [1.54, 1.807) is 27.4 Å². The van der Waals surface area contributed by atoms with Crippen LogP contribution in [0.5, 0.6) is 0 Å². The van der Waals surface area contributed by atoms with E-state index in [4.69, 9.17) is 0 Å². The fourth-order valence-corrected chi connectivity index (χ4v) is 4.39. The molecule has 0 saturated carbocycles. The second kappa shape index (κ2) is 5.08. The smallest absolute Gasteiger partial charge is 0.288 e. The maximum atomic E-state index is 12.4. The second-order valence-electron chi connectivity index (χ2n) is 5.16. The Morgan fingerprint density at radius 3 is 2.83 bits per heavy atom. The van der Waals surface area contributed by atoms with Gasteiger partial charge in [0, 0.05) is 10.4 Å². The van der Waals surface area contributed by atoms with Gasteiger partial charge >= 0.3 is 0 Å². The van der Waals surface area contributed by atoms with Crippen LogP contribution in [0.1, 0.15) is 16.5 Å². The van der Waals surface area contributed by atoms with Crippen molar-refractivity contribution in [1.29, 1.82) is 0 Å². The summed E-state index contributed by atoms with van der Waals surface area (Å²) in [7, 11) is 0. The van der Waals surface area contributed by atoms with Crippen LogP contribution in [0.3, 0.4) is 0 Å². The summed E-state index contributed by atoms with van der Waals surface area (Å²) in [5.74, 6) is 0.440. The zero-order valence-corrected chi connectivity index (χ0v) is 13.6. The lowest BCUT2D eigenvalue weighted by Gasteiger charge is -2.26. The summed E-state index contributed by atoms with van der Waals surface area (Å²) in [6, 6.07) is 7.62. The molecular formula is C14H9N7OS2. The Hall–Kier alpha value is -2.85. The Labute approximate surface area is 142 Å². The average Bonchev–Trinajstić information content (AvgIpc) is 3.34. The van der Waals surface area contributed by atoms with Crippen LogP contribution >= 0.6 is 22.7 Å². The molecular weight excluding hydrogens is 346 g/mol. The molecule has 0 bridgehead atoms. The van der Waals surface area contributed by atoms with Crippen LogP contribution in [-0.2, 0) is 0 Å². The van der Waals surface area contributed by atoms with Crippen molar-refractivity contribution in [3.05, 3.63) is 55.8 Å². The van der Waals surface area contributed by atoms with E-state index in [-0.39, 0.29) is 11.6 Å². The highest BCUT2D eigenvalue weighted by molar-refractivity contribution is 7.13. The number of nitrogens with one attached hydrogen (secondary N) is 2. The molecule has 0 radical (unpaired) electrons. The molecule has 1 aliphatic rings. The minimum Gasteiger partial charge on any atom is -0.318 e. The molecule has 24 heavy (non-hydrogen) atoms. The SMILES string of the molecule is O=c1[nH]nc(-c2cccs2)c2c1Nc1nnnn1[C@@H]2c1cccs1. The molecule has 0 unspecified atom stereocenters. The maximum absolute atomic E-state index is 12.4. The zero-order valence-electron chi connectivity index (χ0n) is 12.0. The van der Waals surface area contributed by atoms with E-state index in [0.717, 1.165) is 21.0 Å². The molecule has 1 aliphatic heterocycles. The van der Waals surface area contributed by atoms with Crippen molar-refractivity contribution >= 4 is 34.3 Å². The largest absolute Gasteiger partial charge is 0.318 e. The predicted octanol–water partition coefficient (Wildman–Crippen LogP) is 2.24. The number of hydrogen-bond acceptors (Lipinski definition) is 8. The summed E-state index contributed by atoms with van der Waals surface area (Å²) in [5, 5.41) is 25.7. The lowest BCUT2D eigenvalue weighted by Crippen LogP contribution is -2.28. The van der Waals surface area contributed by atoms with Gasteiger partial charge in [0.1, 0.15) is 17.4 Å². The molecule has 2 N–H and O–H groups in total. The number of aromatic amines is 1. The van der Waals surface area contributed by atoms with Gasteiger partial charge in [-0.2, -0.15) is 9.78 Å². The topological polar surface area (TPSA) is 101 Å². The van der Waals surface area contributed by atoms with Crippen molar-refractivity contribution in [2.75, 3.05) is 5.32 Å². The highest BCUT2D eigenvalue weighted by Crippen LogP contribution is 2.42. The first-order valence-electron chi connectivity index (χ1n) is 7.07. The van der Waals surface area contributed by atoms with Gasteiger partial charge in [-0.25, -0.2) is 5.10 Å². The first-order valence-corrected chi connectivity index (χ1v) is 8.83. The first kappa shape index (κ1) is 13.6. The number of aromatic nitrogens is 6. The molecule has 118 valence electrons. The Morgan fingerprint density at radius 1 is 1.17 bits per heavy atom. The van der Waals surface area contributed by atoms with Crippen LogP contribution in [0.4, 0.5) is 11.6 Å². The van der Waals surface area contributed by atoms with Crippen molar-refractivity contribution < 1.29 is 0 Å². The van der Waals surface area contributed by atoms with E-state index in [2.05, 4.69) is 31.0 Å². The van der Waals surface area contributed by atoms with Crippen molar-refractivity contribution in [2.24, 2.45) is 0 Å². The highest BCUT2D eigenvalue weighted by atomic mass is 32.1. The molecule has 0 amide bonds. The number of rotatable bonds is 2. The number of anilines is 2. The van der Waals surface area contributed by atoms with Crippen molar-refractivity contribution in [3.63, 3.8) is 0 Å². The summed E-state index contributed by atoms with van der Waals surface area (Å²) in [4.78, 5) is 14.4. The minimum absolute atomic E-state index is 0.291. The fourth-order valence-electron chi connectivity index (χ4n) is 2.85. The van der Waals surface area contributed by atoms with Crippen LogP contribution in [0.2, 0.25) is 0 Å². The molecule has 4 aromatic heterocycles. The van der Waals surface area contributed by atoms with E-state index in [0.29, 0.717) is 11.6 Å². The number of hydrogen-bond donors (Lipinski definition) is 2. The van der Waals surface area contributed by atoms with Gasteiger partial charge < -0.3 is 5.32 Å². The van der Waals surface area contributed by atoms with Gasteiger partial charge in [-0.1, -0.05) is 17.2 Å². The van der Waals surface area contributed by atoms with Gasteiger partial charge in [0.05, 0.1) is 4.88 Å². The number of H-pyrrole nitrogens is 1. The van der Waals surface area contributed by atoms with Gasteiger partial charge in [-0.3, -0.25) is 4.79 Å². The molecule has 0 spiro atoms. The molecule has 0 aliphatic carbocycles. The summed E-state index contributed by atoms with van der Waals surface area (Å²) >= 11 is 3.16. The summed E-state index contributed by atoms with van der Waals surface area (Å²) in [6.45, 7) is 0. The molecule has 1 atom stereocenters. The first-order chi connectivity index (χ1) is 11.8. The third-order valence-corrected chi connectivity index (χ3v) is 5.64. The third kappa shape index (κ3) is 1.87. The van der Waals surface area contributed by atoms with Gasteiger partial charge in [0.2, 0.25) is 5.95 Å². The van der Waals surface area contributed by atoms with Crippen molar-refractivity contribution in [3.8, 4) is 10.6 Å². The Balaban J connectivity index is 1.86. The summed E-state index contributed by atoms with van der Waals surface area (Å²) in [6.07, 6.45) is 0. The van der Waals surface area contributed by atoms with Crippen molar-refractivity contribution in [1.82, 2.24) is 30.4 Å². The second-order valence-corrected chi connectivity index (χ2v) is 7.08. The van der Waals surface area contributed by atoms with E-state index >= 15 is 0 Å². The highest BCUT2D eigenvalue weighted by Gasteiger charge is 2.34. The monoisotopic (exact) mass is 355 g/mol. The van der Waals surface area contributed by atoms with Gasteiger partial charge in [0.15, 0.2) is 0 Å². The number of tetrazole rings is 1.